The van der Waals surface area contributed by atoms with E-state index in [0.29, 0.717) is 12.4 Å². The van der Waals surface area contributed by atoms with Gasteiger partial charge in [-0.25, -0.2) is 4.98 Å². The van der Waals surface area contributed by atoms with Gasteiger partial charge in [0.15, 0.2) is 5.76 Å². The van der Waals surface area contributed by atoms with Gasteiger partial charge in [-0.1, -0.05) is 0 Å². The van der Waals surface area contributed by atoms with Crippen molar-refractivity contribution in [2.45, 2.75) is 6.54 Å². The molecule has 2 aromatic heterocycles. The van der Waals surface area contributed by atoms with Crippen LogP contribution in [0.25, 0.3) is 11.3 Å². The van der Waals surface area contributed by atoms with Crippen molar-refractivity contribution in [3.05, 3.63) is 28.9 Å². The van der Waals surface area contributed by atoms with Crippen LogP contribution in [0, 0.1) is 0 Å². The molecule has 4 heteroatoms. The molecule has 0 amide bonds. The number of hydrogen-bond acceptors (Lipinski definition) is 4. The predicted molar refractivity (Wildman–Crippen MR) is 47.7 cm³/mol. The molecular weight excluding hydrogens is 172 g/mol. The van der Waals surface area contributed by atoms with Crippen molar-refractivity contribution in [1.29, 1.82) is 0 Å². The van der Waals surface area contributed by atoms with E-state index in [1.165, 1.54) is 0 Å². The summed E-state index contributed by atoms with van der Waals surface area (Å²) in [5.74, 6) is 1.37. The van der Waals surface area contributed by atoms with E-state index in [-0.39, 0.29) is 0 Å². The largest absolute Gasteiger partial charge is 0.439 e. The normalized spacial score (nSPS) is 10.4. The average molecular weight is 180 g/mol. The summed E-state index contributed by atoms with van der Waals surface area (Å²) in [6.07, 6.45) is 1.70. The van der Waals surface area contributed by atoms with Crippen LogP contribution in [0.15, 0.2) is 27.4 Å². The minimum atomic E-state index is 0.351. The highest BCUT2D eigenvalue weighted by molar-refractivity contribution is 7.08. The van der Waals surface area contributed by atoms with Gasteiger partial charge in [0.05, 0.1) is 12.7 Å². The second kappa shape index (κ2) is 3.08. The van der Waals surface area contributed by atoms with E-state index < -0.39 is 0 Å². The minimum absolute atomic E-state index is 0.351. The van der Waals surface area contributed by atoms with Gasteiger partial charge in [0.25, 0.3) is 0 Å². The lowest BCUT2D eigenvalue weighted by molar-refractivity contribution is 0.510. The third-order valence-electron chi connectivity index (χ3n) is 1.53. The van der Waals surface area contributed by atoms with Crippen molar-refractivity contribution in [1.82, 2.24) is 4.98 Å². The predicted octanol–water partition coefficient (Wildman–Crippen LogP) is 1.86. The fourth-order valence-electron chi connectivity index (χ4n) is 0.943. The van der Waals surface area contributed by atoms with Gasteiger partial charge in [0.2, 0.25) is 5.89 Å². The first-order valence-electron chi connectivity index (χ1n) is 3.57. The SMILES string of the molecule is NCc1ncc(-c2ccsc2)o1. The summed E-state index contributed by atoms with van der Waals surface area (Å²) in [7, 11) is 0. The first kappa shape index (κ1) is 7.52. The maximum atomic E-state index is 5.36. The third-order valence-corrected chi connectivity index (χ3v) is 2.22. The van der Waals surface area contributed by atoms with Crippen LogP contribution < -0.4 is 5.73 Å². The minimum Gasteiger partial charge on any atom is -0.439 e. The number of aromatic nitrogens is 1. The number of oxazole rings is 1. The topological polar surface area (TPSA) is 52.0 Å². The molecule has 0 saturated carbocycles. The number of rotatable bonds is 2. The van der Waals surface area contributed by atoms with Crippen LogP contribution in [-0.4, -0.2) is 4.98 Å². The molecule has 0 aromatic carbocycles. The zero-order valence-corrected chi connectivity index (χ0v) is 7.17. The molecule has 0 spiro atoms. The van der Waals surface area contributed by atoms with Crippen LogP contribution in [-0.2, 0) is 6.54 Å². The summed E-state index contributed by atoms with van der Waals surface area (Å²) >= 11 is 1.63. The standard InChI is InChI=1S/C8H8N2OS/c9-3-8-10-4-7(11-8)6-1-2-12-5-6/h1-2,4-5H,3,9H2. The lowest BCUT2D eigenvalue weighted by Gasteiger charge is -1.87. The van der Waals surface area contributed by atoms with Crippen molar-refractivity contribution in [2.24, 2.45) is 5.73 Å². The lowest BCUT2D eigenvalue weighted by Crippen LogP contribution is -1.94. The summed E-state index contributed by atoms with van der Waals surface area (Å²) in [6, 6.07) is 1.99. The number of nitrogens with zero attached hydrogens (tertiary/aromatic N) is 1. The van der Waals surface area contributed by atoms with Crippen molar-refractivity contribution < 1.29 is 4.42 Å². The van der Waals surface area contributed by atoms with Crippen LogP contribution in [0.1, 0.15) is 5.89 Å². The molecule has 3 nitrogen and oxygen atoms in total. The second-order valence-electron chi connectivity index (χ2n) is 2.33. The van der Waals surface area contributed by atoms with Crippen LogP contribution in [0.5, 0.6) is 0 Å². The van der Waals surface area contributed by atoms with E-state index in [9.17, 15) is 0 Å². The van der Waals surface area contributed by atoms with Gasteiger partial charge in [-0.15, -0.1) is 0 Å². The Morgan fingerprint density at radius 1 is 1.58 bits per heavy atom. The zero-order valence-electron chi connectivity index (χ0n) is 6.36. The molecule has 0 bridgehead atoms. The summed E-state index contributed by atoms with van der Waals surface area (Å²) in [5.41, 5.74) is 6.43. The van der Waals surface area contributed by atoms with E-state index in [1.54, 1.807) is 17.5 Å². The van der Waals surface area contributed by atoms with Crippen molar-refractivity contribution in [2.75, 3.05) is 0 Å². The molecule has 12 heavy (non-hydrogen) atoms. The van der Waals surface area contributed by atoms with Gasteiger partial charge in [0.1, 0.15) is 0 Å². The Labute approximate surface area is 73.8 Å². The molecule has 2 N–H and O–H groups in total. The lowest BCUT2D eigenvalue weighted by atomic mass is 10.3. The molecule has 2 rings (SSSR count). The van der Waals surface area contributed by atoms with E-state index >= 15 is 0 Å². The van der Waals surface area contributed by atoms with E-state index in [2.05, 4.69) is 4.98 Å². The first-order valence-corrected chi connectivity index (χ1v) is 4.52. The molecule has 0 saturated heterocycles. The molecule has 0 unspecified atom stereocenters. The quantitative estimate of drug-likeness (QED) is 0.767. The Hall–Kier alpha value is -1.13. The molecule has 0 aliphatic heterocycles. The first-order chi connectivity index (χ1) is 5.90. The van der Waals surface area contributed by atoms with Gasteiger partial charge in [-0.3, -0.25) is 0 Å². The van der Waals surface area contributed by atoms with Crippen molar-refractivity contribution in [3.63, 3.8) is 0 Å². The van der Waals surface area contributed by atoms with Crippen LogP contribution in [0.3, 0.4) is 0 Å². The van der Waals surface area contributed by atoms with E-state index in [4.69, 9.17) is 10.2 Å². The summed E-state index contributed by atoms with van der Waals surface area (Å²) in [5, 5.41) is 4.01. The highest BCUT2D eigenvalue weighted by atomic mass is 32.1. The third kappa shape index (κ3) is 1.26. The molecule has 0 aliphatic carbocycles. The Morgan fingerprint density at radius 2 is 2.50 bits per heavy atom. The zero-order chi connectivity index (χ0) is 8.39. The van der Waals surface area contributed by atoms with Gasteiger partial charge in [-0.2, -0.15) is 11.3 Å². The average Bonchev–Trinajstić information content (AvgIpc) is 2.75. The Balaban J connectivity index is 2.35. The fourth-order valence-corrected chi connectivity index (χ4v) is 1.59. The Kier molecular flexibility index (Phi) is 1.93. The molecule has 2 aromatic rings. The molecule has 2 heterocycles. The maximum Gasteiger partial charge on any atom is 0.208 e. The van der Waals surface area contributed by atoms with E-state index in [1.807, 2.05) is 16.8 Å². The molecule has 62 valence electrons. The Bertz CT molecular complexity index is 353. The molecule has 0 aliphatic rings. The van der Waals surface area contributed by atoms with Gasteiger partial charge in [-0.05, 0) is 11.4 Å². The highest BCUT2D eigenvalue weighted by Crippen LogP contribution is 2.22. The fraction of sp³-hybridized carbons (Fsp3) is 0.125. The monoisotopic (exact) mass is 180 g/mol. The van der Waals surface area contributed by atoms with Gasteiger partial charge in [0, 0.05) is 10.9 Å². The van der Waals surface area contributed by atoms with Crippen LogP contribution >= 0.6 is 11.3 Å². The van der Waals surface area contributed by atoms with Crippen molar-refractivity contribution >= 4 is 11.3 Å². The van der Waals surface area contributed by atoms with Crippen molar-refractivity contribution in [3.8, 4) is 11.3 Å². The number of hydrogen-bond donors (Lipinski definition) is 1. The smallest absolute Gasteiger partial charge is 0.208 e. The highest BCUT2D eigenvalue weighted by Gasteiger charge is 2.04. The summed E-state index contributed by atoms with van der Waals surface area (Å²) in [4.78, 5) is 4.00. The molecule has 0 fully saturated rings. The molecule has 0 radical (unpaired) electrons. The summed E-state index contributed by atoms with van der Waals surface area (Å²) in [6.45, 7) is 0.351. The number of nitrogens with two attached hydrogens (primary N) is 1. The van der Waals surface area contributed by atoms with Gasteiger partial charge >= 0.3 is 0 Å². The Morgan fingerprint density at radius 3 is 3.08 bits per heavy atom. The number of thiophene rings is 1. The van der Waals surface area contributed by atoms with Gasteiger partial charge < -0.3 is 10.2 Å². The molecule has 0 atom stereocenters. The molecular formula is C8H8N2OS. The second-order valence-corrected chi connectivity index (χ2v) is 3.11. The summed E-state index contributed by atoms with van der Waals surface area (Å²) < 4.78 is 5.35. The van der Waals surface area contributed by atoms with Crippen LogP contribution in [0.2, 0.25) is 0 Å². The van der Waals surface area contributed by atoms with Crippen LogP contribution in [0.4, 0.5) is 0 Å². The van der Waals surface area contributed by atoms with E-state index in [0.717, 1.165) is 11.3 Å². The maximum absolute atomic E-state index is 5.36.